The zero-order valence-electron chi connectivity index (χ0n) is 12.6. The van der Waals surface area contributed by atoms with E-state index in [-0.39, 0.29) is 29.1 Å². The minimum Gasteiger partial charge on any atom is -0.393 e. The van der Waals surface area contributed by atoms with Crippen molar-refractivity contribution in [2.45, 2.75) is 58.5 Å². The molecule has 1 aliphatic carbocycles. The summed E-state index contributed by atoms with van der Waals surface area (Å²) in [4.78, 5) is 0. The zero-order valence-corrected chi connectivity index (χ0v) is 12.6. The summed E-state index contributed by atoms with van der Waals surface area (Å²) < 4.78 is 27.4. The van der Waals surface area contributed by atoms with Crippen molar-refractivity contribution >= 4 is 0 Å². The lowest BCUT2D eigenvalue weighted by atomic mass is 9.75. The van der Waals surface area contributed by atoms with Crippen LogP contribution in [0.5, 0.6) is 0 Å². The van der Waals surface area contributed by atoms with Crippen LogP contribution >= 0.6 is 0 Å². The van der Waals surface area contributed by atoms with Gasteiger partial charge in [-0.2, -0.15) is 0 Å². The fraction of sp³-hybridized carbons (Fsp3) is 0.647. The van der Waals surface area contributed by atoms with E-state index < -0.39 is 11.7 Å². The third-order valence-electron chi connectivity index (χ3n) is 4.24. The van der Waals surface area contributed by atoms with E-state index in [9.17, 15) is 13.9 Å². The highest BCUT2D eigenvalue weighted by Crippen LogP contribution is 2.38. The van der Waals surface area contributed by atoms with E-state index in [1.54, 1.807) is 0 Å². The monoisotopic (exact) mass is 284 g/mol. The van der Waals surface area contributed by atoms with Crippen LogP contribution in [0.4, 0.5) is 8.78 Å². The van der Waals surface area contributed by atoms with Crippen molar-refractivity contribution in [2.24, 2.45) is 11.8 Å². The quantitative estimate of drug-likeness (QED) is 0.662. The Morgan fingerprint density at radius 1 is 1.15 bits per heavy atom. The summed E-state index contributed by atoms with van der Waals surface area (Å²) in [7, 11) is 0. The molecule has 1 nitrogen and oxygen atoms in total. The van der Waals surface area contributed by atoms with E-state index in [0.717, 1.165) is 38.5 Å². The molecule has 0 saturated heterocycles. The maximum atomic E-state index is 13.9. The molecule has 0 amide bonds. The standard InChI is InChI=1S/C17H26F2O/c1-5-6-15(20)14-9-7-13(8-10-14)12(4)17(19)16(18)11(2)3/h13-15,20H,2,4-10H2,1,3H3/b17-16-. The van der Waals surface area contributed by atoms with E-state index in [4.69, 9.17) is 0 Å². The molecule has 1 N–H and O–H groups in total. The van der Waals surface area contributed by atoms with Gasteiger partial charge in [0, 0.05) is 0 Å². The Labute approximate surface area is 121 Å². The van der Waals surface area contributed by atoms with Crippen molar-refractivity contribution in [2.75, 3.05) is 0 Å². The molecule has 0 radical (unpaired) electrons. The predicted molar refractivity (Wildman–Crippen MR) is 79.6 cm³/mol. The van der Waals surface area contributed by atoms with Crippen LogP contribution in [0.25, 0.3) is 0 Å². The molecule has 0 aliphatic heterocycles. The van der Waals surface area contributed by atoms with Crippen LogP contribution in [0, 0.1) is 11.8 Å². The molecule has 1 aliphatic rings. The molecule has 0 aromatic heterocycles. The van der Waals surface area contributed by atoms with Gasteiger partial charge in [0.25, 0.3) is 0 Å². The number of halogens is 2. The SMILES string of the molecule is C=C(C)/C(F)=C(/F)C(=C)C1CCC(C(O)CCC)CC1. The molecule has 3 heteroatoms. The van der Waals surface area contributed by atoms with Gasteiger partial charge in [-0.05, 0) is 62.0 Å². The molecule has 1 fully saturated rings. The van der Waals surface area contributed by atoms with Crippen LogP contribution in [-0.4, -0.2) is 11.2 Å². The van der Waals surface area contributed by atoms with Crippen molar-refractivity contribution in [3.8, 4) is 0 Å². The second-order valence-corrected chi connectivity index (χ2v) is 5.90. The number of hydrogen-bond acceptors (Lipinski definition) is 1. The lowest BCUT2D eigenvalue weighted by Crippen LogP contribution is -2.26. The van der Waals surface area contributed by atoms with Gasteiger partial charge in [-0.1, -0.05) is 26.5 Å². The van der Waals surface area contributed by atoms with Gasteiger partial charge in [0.15, 0.2) is 11.7 Å². The second-order valence-electron chi connectivity index (χ2n) is 5.90. The Hall–Kier alpha value is -0.960. The molecular formula is C17H26F2O. The molecule has 0 aromatic rings. The van der Waals surface area contributed by atoms with Crippen LogP contribution in [-0.2, 0) is 0 Å². The van der Waals surface area contributed by atoms with Crippen LogP contribution in [0.15, 0.2) is 36.0 Å². The first-order chi connectivity index (χ1) is 9.38. The lowest BCUT2D eigenvalue weighted by molar-refractivity contribution is 0.0697. The van der Waals surface area contributed by atoms with Crippen molar-refractivity contribution in [1.82, 2.24) is 0 Å². The van der Waals surface area contributed by atoms with Gasteiger partial charge < -0.3 is 5.11 Å². The third-order valence-corrected chi connectivity index (χ3v) is 4.24. The predicted octanol–water partition coefficient (Wildman–Crippen LogP) is 5.24. The maximum Gasteiger partial charge on any atom is 0.161 e. The fourth-order valence-electron chi connectivity index (χ4n) is 2.89. The van der Waals surface area contributed by atoms with Crippen molar-refractivity contribution in [3.63, 3.8) is 0 Å². The summed E-state index contributed by atoms with van der Waals surface area (Å²) in [5, 5.41) is 9.99. The summed E-state index contributed by atoms with van der Waals surface area (Å²) in [5.74, 6) is -1.47. The molecule has 0 bridgehead atoms. The molecule has 20 heavy (non-hydrogen) atoms. The Kier molecular flexibility index (Phi) is 6.60. The van der Waals surface area contributed by atoms with E-state index in [1.807, 2.05) is 0 Å². The van der Waals surface area contributed by atoms with Gasteiger partial charge in [0.05, 0.1) is 6.10 Å². The number of aliphatic hydroxyl groups is 1. The van der Waals surface area contributed by atoms with Crippen molar-refractivity contribution in [1.29, 1.82) is 0 Å². The number of allylic oxidation sites excluding steroid dienone is 4. The Morgan fingerprint density at radius 3 is 2.15 bits per heavy atom. The number of aliphatic hydroxyl groups excluding tert-OH is 1. The molecular weight excluding hydrogens is 258 g/mol. The van der Waals surface area contributed by atoms with Crippen molar-refractivity contribution in [3.05, 3.63) is 36.0 Å². The van der Waals surface area contributed by atoms with Gasteiger partial charge in [0.1, 0.15) is 0 Å². The van der Waals surface area contributed by atoms with E-state index >= 15 is 0 Å². The zero-order chi connectivity index (χ0) is 15.3. The maximum absolute atomic E-state index is 13.9. The summed E-state index contributed by atoms with van der Waals surface area (Å²) in [6.07, 6.45) is 4.76. The first-order valence-electron chi connectivity index (χ1n) is 7.46. The van der Waals surface area contributed by atoms with E-state index in [1.165, 1.54) is 6.92 Å². The highest BCUT2D eigenvalue weighted by Gasteiger charge is 2.29. The Balaban J connectivity index is 2.59. The normalized spacial score (nSPS) is 25.9. The first-order valence-corrected chi connectivity index (χ1v) is 7.46. The second kappa shape index (κ2) is 7.72. The number of rotatable bonds is 6. The average Bonchev–Trinajstić information content (AvgIpc) is 2.45. The van der Waals surface area contributed by atoms with Gasteiger partial charge >= 0.3 is 0 Å². The first kappa shape index (κ1) is 17.1. The highest BCUT2D eigenvalue weighted by atomic mass is 19.2. The topological polar surface area (TPSA) is 20.2 Å². The Morgan fingerprint density at radius 2 is 1.70 bits per heavy atom. The van der Waals surface area contributed by atoms with Crippen LogP contribution in [0.3, 0.4) is 0 Å². The van der Waals surface area contributed by atoms with Gasteiger partial charge in [-0.15, -0.1) is 0 Å². The molecule has 0 heterocycles. The lowest BCUT2D eigenvalue weighted by Gasteiger charge is -2.32. The third kappa shape index (κ3) is 4.27. The molecule has 1 rings (SSSR count). The minimum atomic E-state index is -0.886. The molecule has 0 aromatic carbocycles. The van der Waals surface area contributed by atoms with Crippen LogP contribution < -0.4 is 0 Å². The summed E-state index contributed by atoms with van der Waals surface area (Å²) in [6, 6.07) is 0. The van der Waals surface area contributed by atoms with E-state index in [2.05, 4.69) is 20.1 Å². The minimum absolute atomic E-state index is 0.0230. The average molecular weight is 284 g/mol. The van der Waals surface area contributed by atoms with Gasteiger partial charge in [-0.3, -0.25) is 0 Å². The van der Waals surface area contributed by atoms with E-state index in [0.29, 0.717) is 0 Å². The molecule has 1 unspecified atom stereocenters. The largest absolute Gasteiger partial charge is 0.393 e. The molecule has 1 saturated carbocycles. The molecule has 1 atom stereocenters. The summed E-state index contributed by atoms with van der Waals surface area (Å²) in [5.41, 5.74) is 0.338. The van der Waals surface area contributed by atoms with Gasteiger partial charge in [0.2, 0.25) is 0 Å². The van der Waals surface area contributed by atoms with Crippen LogP contribution in [0.2, 0.25) is 0 Å². The van der Waals surface area contributed by atoms with Gasteiger partial charge in [-0.25, -0.2) is 8.78 Å². The molecule has 0 spiro atoms. The smallest absolute Gasteiger partial charge is 0.161 e. The summed E-state index contributed by atoms with van der Waals surface area (Å²) >= 11 is 0. The fourth-order valence-corrected chi connectivity index (χ4v) is 2.89. The molecule has 114 valence electrons. The Bertz CT molecular complexity index is 390. The number of hydrogen-bond donors (Lipinski definition) is 1. The summed E-state index contributed by atoms with van der Waals surface area (Å²) in [6.45, 7) is 10.6. The van der Waals surface area contributed by atoms with Crippen LogP contribution in [0.1, 0.15) is 52.4 Å². The highest BCUT2D eigenvalue weighted by molar-refractivity contribution is 5.35. The van der Waals surface area contributed by atoms with Crippen molar-refractivity contribution < 1.29 is 13.9 Å².